The molecule has 1 amide bonds. The van der Waals surface area contributed by atoms with Crippen molar-refractivity contribution in [2.24, 2.45) is 0 Å². The largest absolute Gasteiger partial charge is 0.479 e. The number of amides is 1. The normalized spacial score (nSPS) is 11.1. The zero-order valence-corrected chi connectivity index (χ0v) is 21.3. The monoisotopic (exact) mass is 585 g/mol. The third kappa shape index (κ3) is 6.43. The average Bonchev–Trinajstić information content (AvgIpc) is 3.18. The van der Waals surface area contributed by atoms with Gasteiger partial charge in [-0.3, -0.25) is 4.79 Å². The van der Waals surface area contributed by atoms with Gasteiger partial charge in [0.1, 0.15) is 0 Å². The molecule has 3 aromatic rings. The van der Waals surface area contributed by atoms with Crippen molar-refractivity contribution in [3.63, 3.8) is 0 Å². The lowest BCUT2D eigenvalue weighted by Crippen LogP contribution is -2.15. The highest BCUT2D eigenvalue weighted by Crippen LogP contribution is 2.46. The van der Waals surface area contributed by atoms with Crippen LogP contribution in [0.15, 0.2) is 53.0 Å². The summed E-state index contributed by atoms with van der Waals surface area (Å²) < 4.78 is 53.8. The first-order chi connectivity index (χ1) is 17.0. The van der Waals surface area contributed by atoms with Gasteiger partial charge in [0, 0.05) is 11.3 Å². The predicted molar refractivity (Wildman–Crippen MR) is 130 cm³/mol. The number of rotatable bonds is 8. The number of alkyl halides is 3. The molecule has 0 saturated heterocycles. The highest BCUT2D eigenvalue weighted by molar-refractivity contribution is 9.10. The van der Waals surface area contributed by atoms with Crippen LogP contribution in [0.5, 0.6) is 5.75 Å². The molecule has 0 atom stereocenters. The Hall–Kier alpha value is -3.38. The molecule has 12 heteroatoms. The molecule has 0 aliphatic carbocycles. The van der Waals surface area contributed by atoms with Crippen LogP contribution in [0.2, 0.25) is 0 Å². The molecule has 0 radical (unpaired) electrons. The minimum absolute atomic E-state index is 0.0921. The smallest absolute Gasteiger partial charge is 0.416 e. The van der Waals surface area contributed by atoms with Gasteiger partial charge < -0.3 is 19.5 Å². The molecule has 36 heavy (non-hydrogen) atoms. The molecule has 2 aromatic carbocycles. The summed E-state index contributed by atoms with van der Waals surface area (Å²) in [5, 5.41) is 2.55. The van der Waals surface area contributed by atoms with Gasteiger partial charge in [-0.25, -0.2) is 9.59 Å². The van der Waals surface area contributed by atoms with E-state index in [2.05, 4.69) is 21.2 Å². The molecule has 1 heterocycles. The standard InChI is InChI=1S/C24H19BrF3NO6S/c1-3-34-17(30)12-35-19-18(25)20(36-21(19)23(32)33-2)13-5-4-6-14(11-13)22(31)29-16-9-7-15(8-10-16)24(26,27)28/h4-11H,3,12H2,1-2H3,(H,29,31). The van der Waals surface area contributed by atoms with E-state index in [4.69, 9.17) is 14.2 Å². The number of thiophene rings is 1. The zero-order valence-electron chi connectivity index (χ0n) is 18.9. The van der Waals surface area contributed by atoms with Gasteiger partial charge in [0.05, 0.1) is 28.6 Å². The van der Waals surface area contributed by atoms with Crippen LogP contribution in [0, 0.1) is 0 Å². The van der Waals surface area contributed by atoms with Crippen molar-refractivity contribution in [2.75, 3.05) is 25.6 Å². The van der Waals surface area contributed by atoms with Crippen molar-refractivity contribution in [3.05, 3.63) is 69.0 Å². The number of hydrogen-bond acceptors (Lipinski definition) is 7. The van der Waals surface area contributed by atoms with Gasteiger partial charge in [-0.1, -0.05) is 12.1 Å². The summed E-state index contributed by atoms with van der Waals surface area (Å²) >= 11 is 4.43. The molecule has 0 spiro atoms. The van der Waals surface area contributed by atoms with E-state index in [-0.39, 0.29) is 28.5 Å². The summed E-state index contributed by atoms with van der Waals surface area (Å²) in [5.74, 6) is -1.75. The Kier molecular flexibility index (Phi) is 8.75. The van der Waals surface area contributed by atoms with Crippen molar-refractivity contribution in [2.45, 2.75) is 13.1 Å². The quantitative estimate of drug-likeness (QED) is 0.317. The van der Waals surface area contributed by atoms with Gasteiger partial charge in [-0.2, -0.15) is 13.2 Å². The Morgan fingerprint density at radius 1 is 1.08 bits per heavy atom. The van der Waals surface area contributed by atoms with Crippen LogP contribution in [0.4, 0.5) is 18.9 Å². The molecule has 3 rings (SSSR count). The number of carbonyl (C=O) groups is 3. The van der Waals surface area contributed by atoms with Crippen LogP contribution in [-0.4, -0.2) is 38.2 Å². The number of benzene rings is 2. The van der Waals surface area contributed by atoms with Crippen molar-refractivity contribution in [1.82, 2.24) is 0 Å². The molecular formula is C24H19BrF3NO6S. The highest BCUT2D eigenvalue weighted by Gasteiger charge is 2.30. The van der Waals surface area contributed by atoms with E-state index in [0.29, 0.717) is 14.9 Å². The first-order valence-corrected chi connectivity index (χ1v) is 11.9. The number of nitrogens with one attached hydrogen (secondary N) is 1. The maximum atomic E-state index is 12.8. The van der Waals surface area contributed by atoms with Crippen molar-refractivity contribution >= 4 is 50.8 Å². The third-order valence-corrected chi connectivity index (χ3v) is 6.90. The lowest BCUT2D eigenvalue weighted by molar-refractivity contribution is -0.145. The first kappa shape index (κ1) is 27.2. The Morgan fingerprint density at radius 2 is 1.78 bits per heavy atom. The van der Waals surface area contributed by atoms with Gasteiger partial charge in [0.15, 0.2) is 17.2 Å². The molecule has 1 aromatic heterocycles. The molecule has 7 nitrogen and oxygen atoms in total. The molecule has 0 bridgehead atoms. The molecular weight excluding hydrogens is 567 g/mol. The number of esters is 2. The summed E-state index contributed by atoms with van der Waals surface area (Å²) in [6.45, 7) is 1.39. The van der Waals surface area contributed by atoms with E-state index in [1.54, 1.807) is 25.1 Å². The van der Waals surface area contributed by atoms with Gasteiger partial charge >= 0.3 is 18.1 Å². The van der Waals surface area contributed by atoms with Crippen LogP contribution in [-0.2, 0) is 20.4 Å². The summed E-state index contributed by atoms with van der Waals surface area (Å²) in [6.07, 6.45) is -4.48. The van der Waals surface area contributed by atoms with Crippen LogP contribution < -0.4 is 10.1 Å². The molecule has 190 valence electrons. The number of hydrogen-bond donors (Lipinski definition) is 1. The Balaban J connectivity index is 1.87. The fourth-order valence-electron chi connectivity index (χ4n) is 3.02. The number of methoxy groups -OCH3 is 1. The van der Waals surface area contributed by atoms with Crippen LogP contribution in [0.1, 0.15) is 32.5 Å². The molecule has 1 N–H and O–H groups in total. The van der Waals surface area contributed by atoms with Crippen LogP contribution in [0.25, 0.3) is 10.4 Å². The minimum atomic E-state index is -4.48. The molecule has 0 saturated carbocycles. The maximum absolute atomic E-state index is 12.8. The van der Waals surface area contributed by atoms with Crippen LogP contribution >= 0.6 is 27.3 Å². The van der Waals surface area contributed by atoms with E-state index < -0.39 is 36.2 Å². The van der Waals surface area contributed by atoms with E-state index in [0.717, 1.165) is 35.6 Å². The Bertz CT molecular complexity index is 1270. The SMILES string of the molecule is CCOC(=O)COc1c(C(=O)OC)sc(-c2cccc(C(=O)Nc3ccc(C(F)(F)F)cc3)c2)c1Br. The van der Waals surface area contributed by atoms with Gasteiger partial charge in [0.2, 0.25) is 0 Å². The highest BCUT2D eigenvalue weighted by atomic mass is 79.9. The molecule has 0 unspecified atom stereocenters. The van der Waals surface area contributed by atoms with E-state index in [1.807, 2.05) is 0 Å². The number of carbonyl (C=O) groups excluding carboxylic acids is 3. The van der Waals surface area contributed by atoms with E-state index >= 15 is 0 Å². The lowest BCUT2D eigenvalue weighted by Gasteiger charge is -2.09. The number of halogens is 4. The second-order valence-corrected chi connectivity index (χ2v) is 8.91. The molecule has 0 aliphatic rings. The average molecular weight is 586 g/mol. The zero-order chi connectivity index (χ0) is 26.5. The van der Waals surface area contributed by atoms with Gasteiger partial charge in [-0.15, -0.1) is 11.3 Å². The minimum Gasteiger partial charge on any atom is -0.479 e. The Labute approximate surface area is 216 Å². The Morgan fingerprint density at radius 3 is 2.39 bits per heavy atom. The van der Waals surface area contributed by atoms with Crippen molar-refractivity contribution in [3.8, 4) is 16.2 Å². The fourth-order valence-corrected chi connectivity index (χ4v) is 4.99. The predicted octanol–water partition coefficient (Wildman–Crippen LogP) is 6.18. The summed E-state index contributed by atoms with van der Waals surface area (Å²) in [7, 11) is 1.21. The first-order valence-electron chi connectivity index (χ1n) is 10.3. The molecule has 0 fully saturated rings. The second kappa shape index (κ2) is 11.6. The van der Waals surface area contributed by atoms with Crippen LogP contribution in [0.3, 0.4) is 0 Å². The second-order valence-electron chi connectivity index (χ2n) is 7.10. The lowest BCUT2D eigenvalue weighted by atomic mass is 10.1. The maximum Gasteiger partial charge on any atom is 0.416 e. The number of anilines is 1. The van der Waals surface area contributed by atoms with Crippen molar-refractivity contribution < 1.29 is 41.8 Å². The number of ether oxygens (including phenoxy) is 3. The van der Waals surface area contributed by atoms with Crippen molar-refractivity contribution in [1.29, 1.82) is 0 Å². The van der Waals surface area contributed by atoms with E-state index in [1.165, 1.54) is 13.2 Å². The summed E-state index contributed by atoms with van der Waals surface area (Å²) in [4.78, 5) is 37.4. The van der Waals surface area contributed by atoms with E-state index in [9.17, 15) is 27.6 Å². The van der Waals surface area contributed by atoms with Gasteiger partial charge in [0.25, 0.3) is 5.91 Å². The topological polar surface area (TPSA) is 90.9 Å². The third-order valence-electron chi connectivity index (χ3n) is 4.68. The van der Waals surface area contributed by atoms with Gasteiger partial charge in [-0.05, 0) is 64.8 Å². The fraction of sp³-hybridized carbons (Fsp3) is 0.208. The molecule has 0 aliphatic heterocycles. The summed E-state index contributed by atoms with van der Waals surface area (Å²) in [5.41, 5.74) is 0.134. The summed E-state index contributed by atoms with van der Waals surface area (Å²) in [6, 6.07) is 10.5.